The second-order valence-corrected chi connectivity index (χ2v) is 7.30. The number of rotatable bonds is 4. The van der Waals surface area contributed by atoms with E-state index in [0.717, 1.165) is 22.9 Å². The van der Waals surface area contributed by atoms with Gasteiger partial charge in [0.1, 0.15) is 0 Å². The van der Waals surface area contributed by atoms with Crippen molar-refractivity contribution in [3.8, 4) is 0 Å². The van der Waals surface area contributed by atoms with E-state index in [0.29, 0.717) is 6.04 Å². The van der Waals surface area contributed by atoms with E-state index in [2.05, 4.69) is 10.3 Å². The van der Waals surface area contributed by atoms with Crippen LogP contribution in [0.5, 0.6) is 0 Å². The lowest BCUT2D eigenvalue weighted by Gasteiger charge is -2.24. The van der Waals surface area contributed by atoms with Crippen LogP contribution in [-0.2, 0) is 4.79 Å². The van der Waals surface area contributed by atoms with Gasteiger partial charge >= 0.3 is 0 Å². The van der Waals surface area contributed by atoms with Crippen LogP contribution in [-0.4, -0.2) is 22.2 Å². The number of hydrogen-bond acceptors (Lipinski definition) is 4. The highest BCUT2D eigenvalue weighted by Crippen LogP contribution is 2.27. The minimum absolute atomic E-state index is 0.0579. The zero-order valence-electron chi connectivity index (χ0n) is 10.9. The summed E-state index contributed by atoms with van der Waals surface area (Å²) in [5.74, 6) is 0.153. The fourth-order valence-corrected chi connectivity index (χ4v) is 4.15. The number of nitrogens with zero attached hydrogens (tertiary/aromatic N) is 1. The van der Waals surface area contributed by atoms with Crippen LogP contribution < -0.4 is 5.32 Å². The van der Waals surface area contributed by atoms with Crippen molar-refractivity contribution in [1.29, 1.82) is 0 Å². The van der Waals surface area contributed by atoms with Gasteiger partial charge in [0.15, 0.2) is 4.34 Å². The summed E-state index contributed by atoms with van der Waals surface area (Å²) in [6.07, 6.45) is 6.09. The Morgan fingerprint density at radius 1 is 1.50 bits per heavy atom. The highest BCUT2D eigenvalue weighted by atomic mass is 32.2. The lowest BCUT2D eigenvalue weighted by molar-refractivity contribution is -0.121. The van der Waals surface area contributed by atoms with E-state index >= 15 is 0 Å². The minimum Gasteiger partial charge on any atom is -0.352 e. The molecule has 0 radical (unpaired) electrons. The fraction of sp³-hybridized carbons (Fsp3) is 0.692. The first-order valence-corrected chi connectivity index (χ1v) is 8.30. The lowest BCUT2D eigenvalue weighted by atomic mass is 9.95. The maximum atomic E-state index is 12.1. The van der Waals surface area contributed by atoms with E-state index in [-0.39, 0.29) is 11.2 Å². The second-order valence-electron chi connectivity index (χ2n) is 4.86. The molecule has 1 aromatic heterocycles. The number of thiazole rings is 1. The van der Waals surface area contributed by atoms with Crippen LogP contribution in [0.25, 0.3) is 0 Å². The smallest absolute Gasteiger partial charge is 0.233 e. The number of nitrogens with one attached hydrogen (secondary N) is 1. The molecule has 0 aromatic carbocycles. The van der Waals surface area contributed by atoms with Crippen molar-refractivity contribution in [2.75, 3.05) is 0 Å². The summed E-state index contributed by atoms with van der Waals surface area (Å²) in [5, 5.41) is 5.13. The Morgan fingerprint density at radius 3 is 2.83 bits per heavy atom. The van der Waals surface area contributed by atoms with Crippen LogP contribution in [0.2, 0.25) is 0 Å². The largest absolute Gasteiger partial charge is 0.352 e. The standard InChI is InChI=1S/C13H20N2OS2/c1-9-8-17-13(14-9)18-10(2)12(16)15-11-6-4-3-5-7-11/h8,10-11H,3-7H2,1-2H3,(H,15,16)/t10-/m1/s1. The molecule has 0 saturated heterocycles. The number of amides is 1. The van der Waals surface area contributed by atoms with Gasteiger partial charge in [0, 0.05) is 17.1 Å². The Balaban J connectivity index is 1.80. The first kappa shape index (κ1) is 13.9. The van der Waals surface area contributed by atoms with Gasteiger partial charge in [-0.1, -0.05) is 31.0 Å². The average molecular weight is 284 g/mol. The molecule has 3 nitrogen and oxygen atoms in total. The molecule has 2 rings (SSSR count). The number of carbonyl (C=O) groups is 1. The fourth-order valence-electron chi connectivity index (χ4n) is 2.16. The number of carbonyl (C=O) groups excluding carboxylic acids is 1. The van der Waals surface area contributed by atoms with E-state index in [9.17, 15) is 4.79 Å². The van der Waals surface area contributed by atoms with Crippen molar-refractivity contribution in [3.63, 3.8) is 0 Å². The summed E-state index contributed by atoms with van der Waals surface area (Å²) >= 11 is 3.17. The summed E-state index contributed by atoms with van der Waals surface area (Å²) in [4.78, 5) is 16.4. The molecule has 1 aliphatic rings. The van der Waals surface area contributed by atoms with Crippen LogP contribution in [0.1, 0.15) is 44.7 Å². The van der Waals surface area contributed by atoms with Crippen molar-refractivity contribution < 1.29 is 4.79 Å². The average Bonchev–Trinajstić information content (AvgIpc) is 2.76. The van der Waals surface area contributed by atoms with Gasteiger partial charge in [0.05, 0.1) is 5.25 Å². The van der Waals surface area contributed by atoms with Crippen LogP contribution >= 0.6 is 23.1 Å². The van der Waals surface area contributed by atoms with E-state index in [4.69, 9.17) is 0 Å². The molecule has 1 atom stereocenters. The molecule has 1 saturated carbocycles. The third kappa shape index (κ3) is 3.99. The molecule has 0 bridgehead atoms. The first-order chi connectivity index (χ1) is 8.65. The maximum absolute atomic E-state index is 12.1. The first-order valence-electron chi connectivity index (χ1n) is 6.54. The van der Waals surface area contributed by atoms with Crippen molar-refractivity contribution in [1.82, 2.24) is 10.3 Å². The van der Waals surface area contributed by atoms with E-state index in [1.54, 1.807) is 23.1 Å². The van der Waals surface area contributed by atoms with Crippen LogP contribution in [0.15, 0.2) is 9.72 Å². The van der Waals surface area contributed by atoms with Gasteiger partial charge in [-0.15, -0.1) is 11.3 Å². The van der Waals surface area contributed by atoms with Gasteiger partial charge in [-0.25, -0.2) is 4.98 Å². The summed E-state index contributed by atoms with van der Waals surface area (Å²) < 4.78 is 0.985. The molecule has 1 aromatic rings. The molecule has 1 fully saturated rings. The predicted octanol–water partition coefficient (Wildman–Crippen LogP) is 3.38. The normalized spacial score (nSPS) is 18.6. The molecule has 100 valence electrons. The molecule has 1 N–H and O–H groups in total. The van der Waals surface area contributed by atoms with Gasteiger partial charge in [0.2, 0.25) is 5.91 Å². The highest BCUT2D eigenvalue weighted by molar-refractivity contribution is 8.02. The van der Waals surface area contributed by atoms with E-state index in [1.165, 1.54) is 19.3 Å². The van der Waals surface area contributed by atoms with Crippen molar-refractivity contribution in [3.05, 3.63) is 11.1 Å². The summed E-state index contributed by atoms with van der Waals surface area (Å²) in [6.45, 7) is 3.94. The summed E-state index contributed by atoms with van der Waals surface area (Å²) in [5.41, 5.74) is 1.03. The second kappa shape index (κ2) is 6.57. The molecular weight excluding hydrogens is 264 g/mol. The Labute approximate surface area is 117 Å². The maximum Gasteiger partial charge on any atom is 0.233 e. The quantitative estimate of drug-likeness (QED) is 0.862. The van der Waals surface area contributed by atoms with E-state index in [1.807, 2.05) is 19.2 Å². The molecular formula is C13H20N2OS2. The molecule has 1 heterocycles. The summed E-state index contributed by atoms with van der Waals surface area (Å²) in [6, 6.07) is 0.396. The molecule has 1 aliphatic carbocycles. The van der Waals surface area contributed by atoms with Crippen LogP contribution in [0.3, 0.4) is 0 Å². The number of aromatic nitrogens is 1. The Hall–Kier alpha value is -0.550. The minimum atomic E-state index is -0.0579. The van der Waals surface area contributed by atoms with E-state index < -0.39 is 0 Å². The van der Waals surface area contributed by atoms with Crippen LogP contribution in [0.4, 0.5) is 0 Å². The monoisotopic (exact) mass is 284 g/mol. The molecule has 0 unspecified atom stereocenters. The number of thioether (sulfide) groups is 1. The van der Waals surface area contributed by atoms with Crippen molar-refractivity contribution in [2.45, 2.75) is 61.6 Å². The Bertz CT molecular complexity index is 399. The lowest BCUT2D eigenvalue weighted by Crippen LogP contribution is -2.40. The predicted molar refractivity (Wildman–Crippen MR) is 77.2 cm³/mol. The zero-order valence-corrected chi connectivity index (χ0v) is 12.6. The Morgan fingerprint density at radius 2 is 2.22 bits per heavy atom. The topological polar surface area (TPSA) is 42.0 Å². The van der Waals surface area contributed by atoms with Crippen molar-refractivity contribution >= 4 is 29.0 Å². The van der Waals surface area contributed by atoms with Crippen molar-refractivity contribution in [2.24, 2.45) is 0 Å². The van der Waals surface area contributed by atoms with Gasteiger partial charge in [0.25, 0.3) is 0 Å². The molecule has 0 spiro atoms. The highest BCUT2D eigenvalue weighted by Gasteiger charge is 2.20. The van der Waals surface area contributed by atoms with Gasteiger partial charge in [-0.2, -0.15) is 0 Å². The van der Waals surface area contributed by atoms with Crippen LogP contribution in [0, 0.1) is 6.92 Å². The third-order valence-electron chi connectivity index (χ3n) is 3.20. The molecule has 5 heteroatoms. The van der Waals surface area contributed by atoms with Gasteiger partial charge in [-0.05, 0) is 26.7 Å². The number of aryl methyl sites for hydroxylation is 1. The summed E-state index contributed by atoms with van der Waals surface area (Å²) in [7, 11) is 0. The van der Waals surface area contributed by atoms with Gasteiger partial charge in [-0.3, -0.25) is 4.79 Å². The Kier molecular flexibility index (Phi) is 5.06. The number of hydrogen-bond donors (Lipinski definition) is 1. The molecule has 1 amide bonds. The molecule has 0 aliphatic heterocycles. The zero-order chi connectivity index (χ0) is 13.0. The molecule has 18 heavy (non-hydrogen) atoms. The van der Waals surface area contributed by atoms with Gasteiger partial charge < -0.3 is 5.32 Å². The third-order valence-corrected chi connectivity index (χ3v) is 5.39. The SMILES string of the molecule is Cc1csc(S[C@H](C)C(=O)NC2CCCCC2)n1.